The van der Waals surface area contributed by atoms with Crippen LogP contribution in [-0.2, 0) is 19.1 Å². The number of rotatable bonds is 7. The molecule has 34 heavy (non-hydrogen) atoms. The lowest BCUT2D eigenvalue weighted by Gasteiger charge is -2.28. The largest absolute Gasteiger partial charge is 0.479 e. The van der Waals surface area contributed by atoms with Gasteiger partial charge >= 0.3 is 12.1 Å². The SMILES string of the molecule is CO[C@H](C)[C@H](NC(=O)OCC1c2ccccc2-c2ccccc21)C(=O)N1CCC(O)(C(=O)O)C1. The van der Waals surface area contributed by atoms with Crippen LogP contribution in [0.15, 0.2) is 48.5 Å². The van der Waals surface area contributed by atoms with Crippen molar-refractivity contribution in [2.45, 2.75) is 37.0 Å². The van der Waals surface area contributed by atoms with Gasteiger partial charge in [0.25, 0.3) is 0 Å². The summed E-state index contributed by atoms with van der Waals surface area (Å²) in [6.45, 7) is 1.40. The number of methoxy groups -OCH3 is 1. The van der Waals surface area contributed by atoms with Crippen LogP contribution in [0.25, 0.3) is 11.1 Å². The van der Waals surface area contributed by atoms with Crippen LogP contribution in [0, 0.1) is 0 Å². The minimum atomic E-state index is -2.00. The molecule has 0 radical (unpaired) electrons. The summed E-state index contributed by atoms with van der Waals surface area (Å²) in [4.78, 5) is 38.3. The zero-order valence-corrected chi connectivity index (χ0v) is 19.1. The number of carboxylic acid groups (broad SMARTS) is 1. The molecule has 1 heterocycles. The third kappa shape index (κ3) is 4.36. The number of hydrogen-bond acceptors (Lipinski definition) is 6. The van der Waals surface area contributed by atoms with Crippen molar-refractivity contribution in [2.24, 2.45) is 0 Å². The number of ether oxygens (including phenoxy) is 2. The molecule has 0 aromatic heterocycles. The molecule has 1 aliphatic heterocycles. The molecular formula is C25H28N2O7. The number of carboxylic acids is 1. The van der Waals surface area contributed by atoms with E-state index in [1.54, 1.807) is 6.92 Å². The summed E-state index contributed by atoms with van der Waals surface area (Å²) in [6.07, 6.45) is -1.57. The van der Waals surface area contributed by atoms with Crippen molar-refractivity contribution in [1.82, 2.24) is 10.2 Å². The predicted octanol–water partition coefficient (Wildman–Crippen LogP) is 1.98. The summed E-state index contributed by atoms with van der Waals surface area (Å²) in [6, 6.07) is 14.8. The molecule has 1 aliphatic carbocycles. The van der Waals surface area contributed by atoms with E-state index in [-0.39, 0.29) is 32.0 Å². The van der Waals surface area contributed by atoms with Gasteiger partial charge in [0.2, 0.25) is 5.91 Å². The van der Waals surface area contributed by atoms with Crippen LogP contribution in [0.5, 0.6) is 0 Å². The topological polar surface area (TPSA) is 125 Å². The predicted molar refractivity (Wildman–Crippen MR) is 122 cm³/mol. The first-order chi connectivity index (χ1) is 16.2. The van der Waals surface area contributed by atoms with Gasteiger partial charge in [-0.15, -0.1) is 0 Å². The molecule has 9 heteroatoms. The Kier molecular flexibility index (Phi) is 6.58. The highest BCUT2D eigenvalue weighted by atomic mass is 16.5. The van der Waals surface area contributed by atoms with Gasteiger partial charge in [0.15, 0.2) is 5.60 Å². The number of aliphatic hydroxyl groups is 1. The van der Waals surface area contributed by atoms with Crippen molar-refractivity contribution in [3.63, 3.8) is 0 Å². The highest BCUT2D eigenvalue weighted by Gasteiger charge is 2.46. The molecule has 2 aromatic carbocycles. The molecule has 1 saturated heterocycles. The number of nitrogens with zero attached hydrogens (tertiary/aromatic N) is 1. The summed E-state index contributed by atoms with van der Waals surface area (Å²) in [5.41, 5.74) is 2.35. The molecule has 2 aliphatic rings. The first-order valence-electron chi connectivity index (χ1n) is 11.1. The minimum Gasteiger partial charge on any atom is -0.479 e. The number of likely N-dealkylation sites (tertiary alicyclic amines) is 1. The third-order valence-electron chi connectivity index (χ3n) is 6.68. The average Bonchev–Trinajstić information content (AvgIpc) is 3.40. The van der Waals surface area contributed by atoms with Crippen LogP contribution in [0.3, 0.4) is 0 Å². The molecule has 1 unspecified atom stereocenters. The summed E-state index contributed by atoms with van der Waals surface area (Å²) in [5, 5.41) is 22.0. The van der Waals surface area contributed by atoms with Gasteiger partial charge in [-0.05, 0) is 29.2 Å². The first-order valence-corrected chi connectivity index (χ1v) is 11.1. The van der Waals surface area contributed by atoms with Crippen LogP contribution < -0.4 is 5.32 Å². The van der Waals surface area contributed by atoms with Crippen LogP contribution in [0.4, 0.5) is 4.79 Å². The second-order valence-electron chi connectivity index (χ2n) is 8.73. The van der Waals surface area contributed by atoms with Crippen molar-refractivity contribution in [3.05, 3.63) is 59.7 Å². The number of carbonyl (C=O) groups excluding carboxylic acids is 2. The lowest BCUT2D eigenvalue weighted by atomic mass is 9.98. The van der Waals surface area contributed by atoms with Gasteiger partial charge in [-0.2, -0.15) is 0 Å². The van der Waals surface area contributed by atoms with Gasteiger partial charge in [-0.25, -0.2) is 9.59 Å². The van der Waals surface area contributed by atoms with E-state index in [0.717, 1.165) is 22.3 Å². The van der Waals surface area contributed by atoms with Gasteiger partial charge in [0.1, 0.15) is 12.6 Å². The molecule has 2 amide bonds. The van der Waals surface area contributed by atoms with Crippen LogP contribution in [0.2, 0.25) is 0 Å². The summed E-state index contributed by atoms with van der Waals surface area (Å²) in [7, 11) is 1.40. The van der Waals surface area contributed by atoms with E-state index in [0.29, 0.717) is 0 Å². The minimum absolute atomic E-state index is 0.0565. The number of benzene rings is 2. The van der Waals surface area contributed by atoms with Crippen LogP contribution >= 0.6 is 0 Å². The van der Waals surface area contributed by atoms with Gasteiger partial charge in [0, 0.05) is 26.0 Å². The molecular weight excluding hydrogens is 440 g/mol. The fraction of sp³-hybridized carbons (Fsp3) is 0.400. The van der Waals surface area contributed by atoms with Gasteiger partial charge in [-0.1, -0.05) is 48.5 Å². The normalized spacial score (nSPS) is 20.9. The maximum absolute atomic E-state index is 13.1. The fourth-order valence-corrected chi connectivity index (χ4v) is 4.64. The van der Waals surface area contributed by atoms with Crippen LogP contribution in [0.1, 0.15) is 30.4 Å². The van der Waals surface area contributed by atoms with E-state index >= 15 is 0 Å². The van der Waals surface area contributed by atoms with E-state index in [2.05, 4.69) is 5.32 Å². The molecule has 180 valence electrons. The Balaban J connectivity index is 1.43. The zero-order chi connectivity index (χ0) is 24.5. The monoisotopic (exact) mass is 468 g/mol. The second kappa shape index (κ2) is 9.44. The van der Waals surface area contributed by atoms with E-state index in [4.69, 9.17) is 9.47 Å². The quantitative estimate of drug-likeness (QED) is 0.567. The van der Waals surface area contributed by atoms with E-state index < -0.39 is 35.7 Å². The van der Waals surface area contributed by atoms with Gasteiger partial charge < -0.3 is 29.9 Å². The number of hydrogen-bond donors (Lipinski definition) is 3. The number of alkyl carbamates (subject to hydrolysis) is 1. The Labute approximate surface area is 197 Å². The first kappa shape index (κ1) is 23.7. The molecule has 3 atom stereocenters. The summed E-state index contributed by atoms with van der Waals surface area (Å²) in [5.74, 6) is -2.06. The fourth-order valence-electron chi connectivity index (χ4n) is 4.64. The smallest absolute Gasteiger partial charge is 0.407 e. The molecule has 0 bridgehead atoms. The van der Waals surface area contributed by atoms with Crippen molar-refractivity contribution in [2.75, 3.05) is 26.8 Å². The summed E-state index contributed by atoms with van der Waals surface area (Å²) < 4.78 is 10.8. The Morgan fingerprint density at radius 2 is 1.71 bits per heavy atom. The highest BCUT2D eigenvalue weighted by Crippen LogP contribution is 2.44. The number of carbonyl (C=O) groups is 3. The number of β-amino-alcohol motifs (C(OH)–C–C–N with tert-alkyl or cyclic N) is 1. The molecule has 3 N–H and O–H groups in total. The molecule has 9 nitrogen and oxygen atoms in total. The number of aliphatic carboxylic acids is 1. The van der Waals surface area contributed by atoms with Crippen LogP contribution in [-0.4, -0.2) is 77.6 Å². The Hall–Kier alpha value is -3.43. The van der Waals surface area contributed by atoms with Crippen molar-refractivity contribution >= 4 is 18.0 Å². The van der Waals surface area contributed by atoms with Crippen molar-refractivity contribution in [1.29, 1.82) is 0 Å². The van der Waals surface area contributed by atoms with Crippen molar-refractivity contribution < 1.29 is 34.1 Å². The molecule has 1 fully saturated rings. The van der Waals surface area contributed by atoms with Crippen molar-refractivity contribution in [3.8, 4) is 11.1 Å². The van der Waals surface area contributed by atoms with E-state index in [1.807, 2.05) is 48.5 Å². The van der Waals surface area contributed by atoms with Gasteiger partial charge in [-0.3, -0.25) is 4.79 Å². The maximum atomic E-state index is 13.1. The summed E-state index contributed by atoms with van der Waals surface area (Å²) >= 11 is 0. The Morgan fingerprint density at radius 3 is 2.24 bits per heavy atom. The van der Waals surface area contributed by atoms with E-state index in [1.165, 1.54) is 12.0 Å². The standard InChI is InChI=1S/C25H28N2O7/c1-15(33-2)21(22(28)27-12-11-25(32,14-27)23(29)30)26-24(31)34-13-20-18-9-5-3-7-16(18)17-8-4-6-10-19(17)20/h3-10,15,20-21,32H,11-14H2,1-2H3,(H,26,31)(H,29,30)/t15-,21+,25?/m1/s1. The molecule has 0 spiro atoms. The third-order valence-corrected chi connectivity index (χ3v) is 6.68. The second-order valence-corrected chi connectivity index (χ2v) is 8.73. The lowest BCUT2D eigenvalue weighted by Crippen LogP contribution is -2.55. The zero-order valence-electron chi connectivity index (χ0n) is 19.1. The van der Waals surface area contributed by atoms with Gasteiger partial charge in [0.05, 0.1) is 12.6 Å². The number of amides is 2. The highest BCUT2D eigenvalue weighted by molar-refractivity contribution is 5.88. The Bertz CT molecular complexity index is 1060. The number of fused-ring (bicyclic) bond motifs is 3. The lowest BCUT2D eigenvalue weighted by molar-refractivity contribution is -0.157. The molecule has 4 rings (SSSR count). The maximum Gasteiger partial charge on any atom is 0.407 e. The average molecular weight is 469 g/mol. The number of nitrogens with one attached hydrogen (secondary N) is 1. The van der Waals surface area contributed by atoms with E-state index in [9.17, 15) is 24.6 Å². The Morgan fingerprint density at radius 1 is 1.12 bits per heavy atom. The molecule has 0 saturated carbocycles. The molecule has 2 aromatic rings.